The second-order valence-electron chi connectivity index (χ2n) is 3.47. The number of aryl methyl sites for hydroxylation is 2. The van der Waals surface area contributed by atoms with Gasteiger partial charge in [0.25, 0.3) is 0 Å². The number of carbonyl (C=O) groups is 2. The van der Waals surface area contributed by atoms with Gasteiger partial charge in [-0.25, -0.2) is 4.79 Å². The van der Waals surface area contributed by atoms with Crippen LogP contribution in [0.15, 0.2) is 12.1 Å². The van der Waals surface area contributed by atoms with E-state index in [-0.39, 0.29) is 12.0 Å². The van der Waals surface area contributed by atoms with Gasteiger partial charge in [0.15, 0.2) is 0 Å². The first-order chi connectivity index (χ1) is 6.91. The molecule has 0 saturated carbocycles. The normalized spacial score (nSPS) is 10.0. The summed E-state index contributed by atoms with van der Waals surface area (Å²) >= 11 is 0. The number of aromatic carboxylic acids is 1. The quantitative estimate of drug-likeness (QED) is 0.791. The SMILES string of the molecule is Cc1cc(CC(=O)O)c(C(=O)O)cc1C. The molecule has 0 heterocycles. The van der Waals surface area contributed by atoms with E-state index in [4.69, 9.17) is 10.2 Å². The molecule has 0 unspecified atom stereocenters. The van der Waals surface area contributed by atoms with Gasteiger partial charge in [0.2, 0.25) is 0 Å². The molecule has 0 aliphatic rings. The molecule has 0 saturated heterocycles. The molecule has 1 rings (SSSR count). The zero-order valence-corrected chi connectivity index (χ0v) is 8.57. The minimum Gasteiger partial charge on any atom is -0.481 e. The van der Waals surface area contributed by atoms with E-state index < -0.39 is 11.9 Å². The Bertz CT molecular complexity index is 421. The first-order valence-electron chi connectivity index (χ1n) is 4.47. The highest BCUT2D eigenvalue weighted by molar-refractivity contribution is 5.91. The zero-order valence-electron chi connectivity index (χ0n) is 8.57. The van der Waals surface area contributed by atoms with E-state index in [1.165, 1.54) is 6.07 Å². The van der Waals surface area contributed by atoms with Crippen molar-refractivity contribution in [3.05, 3.63) is 34.4 Å². The molecule has 0 amide bonds. The van der Waals surface area contributed by atoms with E-state index in [0.717, 1.165) is 11.1 Å². The third-order valence-electron chi connectivity index (χ3n) is 2.29. The van der Waals surface area contributed by atoms with E-state index in [2.05, 4.69) is 0 Å². The molecule has 0 radical (unpaired) electrons. The Kier molecular flexibility index (Phi) is 3.09. The second kappa shape index (κ2) is 4.13. The van der Waals surface area contributed by atoms with Crippen LogP contribution < -0.4 is 0 Å². The summed E-state index contributed by atoms with van der Waals surface area (Å²) in [6, 6.07) is 3.13. The van der Waals surface area contributed by atoms with E-state index in [1.54, 1.807) is 13.0 Å². The monoisotopic (exact) mass is 208 g/mol. The third-order valence-corrected chi connectivity index (χ3v) is 2.29. The Balaban J connectivity index is 3.28. The summed E-state index contributed by atoms with van der Waals surface area (Å²) in [5.74, 6) is -2.12. The summed E-state index contributed by atoms with van der Waals surface area (Å²) in [6.07, 6.45) is -0.261. The molecule has 1 aromatic carbocycles. The van der Waals surface area contributed by atoms with Crippen molar-refractivity contribution in [2.24, 2.45) is 0 Å². The molecule has 1 aromatic rings. The maximum Gasteiger partial charge on any atom is 0.335 e. The van der Waals surface area contributed by atoms with Crippen LogP contribution in [0.5, 0.6) is 0 Å². The molecule has 0 aromatic heterocycles. The van der Waals surface area contributed by atoms with Crippen LogP contribution in [0.2, 0.25) is 0 Å². The highest BCUT2D eigenvalue weighted by Crippen LogP contribution is 2.16. The first kappa shape index (κ1) is 11.2. The van der Waals surface area contributed by atoms with Crippen LogP contribution in [0.25, 0.3) is 0 Å². The van der Waals surface area contributed by atoms with E-state index in [9.17, 15) is 9.59 Å². The topological polar surface area (TPSA) is 74.6 Å². The van der Waals surface area contributed by atoms with Crippen LogP contribution >= 0.6 is 0 Å². The minimum atomic E-state index is -1.09. The van der Waals surface area contributed by atoms with Gasteiger partial charge in [-0.1, -0.05) is 6.07 Å². The number of hydrogen-bond acceptors (Lipinski definition) is 2. The number of hydrogen-bond donors (Lipinski definition) is 2. The standard InChI is InChI=1S/C11H12O4/c1-6-3-8(5-10(12)13)9(11(14)15)4-7(6)2/h3-4H,5H2,1-2H3,(H,12,13)(H,14,15). The lowest BCUT2D eigenvalue weighted by atomic mass is 9.98. The Morgan fingerprint density at radius 2 is 1.67 bits per heavy atom. The lowest BCUT2D eigenvalue weighted by Gasteiger charge is -2.07. The second-order valence-corrected chi connectivity index (χ2v) is 3.47. The summed E-state index contributed by atoms with van der Waals surface area (Å²) in [5.41, 5.74) is 2.16. The van der Waals surface area contributed by atoms with Crippen LogP contribution in [0.1, 0.15) is 27.0 Å². The predicted molar refractivity (Wildman–Crippen MR) is 54.2 cm³/mol. The minimum absolute atomic E-state index is 0.0699. The molecule has 0 atom stereocenters. The predicted octanol–water partition coefficient (Wildman–Crippen LogP) is 1.63. The number of rotatable bonds is 3. The zero-order chi connectivity index (χ0) is 11.6. The number of aliphatic carboxylic acids is 1. The van der Waals surface area contributed by atoms with E-state index in [1.807, 2.05) is 6.92 Å². The summed E-state index contributed by atoms with van der Waals surface area (Å²) in [7, 11) is 0. The lowest BCUT2D eigenvalue weighted by molar-refractivity contribution is -0.136. The molecule has 4 nitrogen and oxygen atoms in total. The van der Waals surface area contributed by atoms with Crippen LogP contribution in [0.4, 0.5) is 0 Å². The molecule has 2 N–H and O–H groups in total. The van der Waals surface area contributed by atoms with Crippen LogP contribution in [-0.2, 0) is 11.2 Å². The Labute approximate surface area is 87.2 Å². The molecule has 0 aliphatic carbocycles. The van der Waals surface area contributed by atoms with E-state index in [0.29, 0.717) is 5.56 Å². The Hall–Kier alpha value is -1.84. The largest absolute Gasteiger partial charge is 0.481 e. The van der Waals surface area contributed by atoms with Crippen molar-refractivity contribution >= 4 is 11.9 Å². The first-order valence-corrected chi connectivity index (χ1v) is 4.47. The van der Waals surface area contributed by atoms with Gasteiger partial charge >= 0.3 is 11.9 Å². The van der Waals surface area contributed by atoms with Crippen LogP contribution in [-0.4, -0.2) is 22.2 Å². The third kappa shape index (κ3) is 2.56. The molecule has 0 spiro atoms. The van der Waals surface area contributed by atoms with Crippen LogP contribution in [0, 0.1) is 13.8 Å². The Morgan fingerprint density at radius 3 is 2.13 bits per heavy atom. The maximum absolute atomic E-state index is 10.9. The fraction of sp³-hybridized carbons (Fsp3) is 0.273. The van der Waals surface area contributed by atoms with Gasteiger partial charge in [0.1, 0.15) is 0 Å². The lowest BCUT2D eigenvalue weighted by Crippen LogP contribution is -2.09. The summed E-state index contributed by atoms with van der Waals surface area (Å²) in [4.78, 5) is 21.4. The van der Waals surface area contributed by atoms with Crippen molar-refractivity contribution in [1.29, 1.82) is 0 Å². The van der Waals surface area contributed by atoms with Gasteiger partial charge < -0.3 is 10.2 Å². The number of carboxylic acid groups (broad SMARTS) is 2. The average Bonchev–Trinajstić information content (AvgIpc) is 2.09. The molecule has 0 fully saturated rings. The average molecular weight is 208 g/mol. The number of benzene rings is 1. The van der Waals surface area contributed by atoms with Crippen molar-refractivity contribution < 1.29 is 19.8 Å². The summed E-state index contributed by atoms with van der Waals surface area (Å²) in [6.45, 7) is 3.62. The smallest absolute Gasteiger partial charge is 0.335 e. The summed E-state index contributed by atoms with van der Waals surface area (Å²) < 4.78 is 0. The molecule has 0 aliphatic heterocycles. The van der Waals surface area contributed by atoms with Gasteiger partial charge in [-0.2, -0.15) is 0 Å². The molecule has 4 heteroatoms. The van der Waals surface area contributed by atoms with Gasteiger partial charge in [0.05, 0.1) is 12.0 Å². The van der Waals surface area contributed by atoms with Gasteiger partial charge in [-0.3, -0.25) is 4.79 Å². The van der Waals surface area contributed by atoms with E-state index >= 15 is 0 Å². The van der Waals surface area contributed by atoms with Crippen molar-refractivity contribution in [3.8, 4) is 0 Å². The van der Waals surface area contributed by atoms with Gasteiger partial charge in [-0.15, -0.1) is 0 Å². The highest BCUT2D eigenvalue weighted by atomic mass is 16.4. The van der Waals surface area contributed by atoms with Crippen LogP contribution in [0.3, 0.4) is 0 Å². The van der Waals surface area contributed by atoms with Crippen molar-refractivity contribution in [3.63, 3.8) is 0 Å². The Morgan fingerprint density at radius 1 is 1.13 bits per heavy atom. The highest BCUT2D eigenvalue weighted by Gasteiger charge is 2.14. The van der Waals surface area contributed by atoms with Crippen molar-refractivity contribution in [2.45, 2.75) is 20.3 Å². The van der Waals surface area contributed by atoms with Gasteiger partial charge in [-0.05, 0) is 36.6 Å². The van der Waals surface area contributed by atoms with Crippen molar-refractivity contribution in [2.75, 3.05) is 0 Å². The fourth-order valence-corrected chi connectivity index (χ4v) is 1.38. The summed E-state index contributed by atoms with van der Waals surface area (Å²) in [5, 5.41) is 17.5. The molecular weight excluding hydrogens is 196 g/mol. The molecule has 15 heavy (non-hydrogen) atoms. The van der Waals surface area contributed by atoms with Gasteiger partial charge in [0, 0.05) is 0 Å². The number of carboxylic acids is 2. The fourth-order valence-electron chi connectivity index (χ4n) is 1.38. The van der Waals surface area contributed by atoms with Crippen molar-refractivity contribution in [1.82, 2.24) is 0 Å². The molecule has 0 bridgehead atoms. The molecular formula is C11H12O4. The maximum atomic E-state index is 10.9. The molecule has 80 valence electrons.